The number of amides is 1. The Morgan fingerprint density at radius 1 is 0.740 bits per heavy atom. The lowest BCUT2D eigenvalue weighted by molar-refractivity contribution is -0.146. The Kier molecular flexibility index (Phi) is 12.8. The molecule has 0 aliphatic heterocycles. The van der Waals surface area contributed by atoms with Gasteiger partial charge < -0.3 is 29.6 Å². The predicted octanol–water partition coefficient (Wildman–Crippen LogP) is 7.34. The van der Waals surface area contributed by atoms with Crippen molar-refractivity contribution in [2.75, 3.05) is 27.4 Å². The van der Waals surface area contributed by atoms with Crippen LogP contribution in [0, 0.1) is 11.8 Å². The maximum Gasteiger partial charge on any atom is 0.306 e. The van der Waals surface area contributed by atoms with Crippen LogP contribution in [0.15, 0.2) is 91.0 Å². The number of carbonyl (C=O) groups is 2. The third kappa shape index (κ3) is 10.2. The number of nitrogens with one attached hydrogen (secondary N) is 2. The Morgan fingerprint density at radius 2 is 1.34 bits per heavy atom. The van der Waals surface area contributed by atoms with E-state index in [2.05, 4.69) is 55.7 Å². The summed E-state index contributed by atoms with van der Waals surface area (Å²) in [5.41, 5.74) is 1.48. The summed E-state index contributed by atoms with van der Waals surface area (Å²) < 4.78 is 23.9. The predicted molar refractivity (Wildman–Crippen MR) is 196 cm³/mol. The molecule has 0 heterocycles. The molecule has 3 aromatic rings. The number of methoxy groups -OCH3 is 2. The summed E-state index contributed by atoms with van der Waals surface area (Å²) in [7, 11) is 3.30. The molecule has 4 atom stereocenters. The summed E-state index contributed by atoms with van der Waals surface area (Å²) in [5, 5.41) is 6.75. The van der Waals surface area contributed by atoms with Gasteiger partial charge in [0.05, 0.1) is 33.3 Å². The van der Waals surface area contributed by atoms with Crippen molar-refractivity contribution in [1.29, 1.82) is 0 Å². The van der Waals surface area contributed by atoms with Gasteiger partial charge in [-0.1, -0.05) is 66.7 Å². The van der Waals surface area contributed by atoms with Gasteiger partial charge in [-0.15, -0.1) is 0 Å². The number of hydrogen-bond acceptors (Lipinski definition) is 7. The highest BCUT2D eigenvalue weighted by molar-refractivity contribution is 5.81. The molecule has 8 heteroatoms. The topological polar surface area (TPSA) is 95.1 Å². The van der Waals surface area contributed by atoms with Gasteiger partial charge in [-0.25, -0.2) is 0 Å². The van der Waals surface area contributed by atoms with Gasteiger partial charge in [-0.2, -0.15) is 0 Å². The molecule has 268 valence electrons. The van der Waals surface area contributed by atoms with Gasteiger partial charge >= 0.3 is 5.97 Å². The molecule has 1 fully saturated rings. The van der Waals surface area contributed by atoms with Crippen LogP contribution in [-0.2, 0) is 24.7 Å². The first kappa shape index (κ1) is 37.1. The Morgan fingerprint density at radius 3 is 1.94 bits per heavy atom. The molecule has 3 unspecified atom stereocenters. The Bertz CT molecular complexity index is 1500. The minimum atomic E-state index is -1.01. The van der Waals surface area contributed by atoms with E-state index in [-0.39, 0.29) is 49.6 Å². The average molecular weight is 683 g/mol. The van der Waals surface area contributed by atoms with Crippen molar-refractivity contribution in [3.8, 4) is 11.5 Å². The zero-order valence-corrected chi connectivity index (χ0v) is 30.3. The van der Waals surface area contributed by atoms with E-state index in [0.717, 1.165) is 65.7 Å². The molecular formula is C42H54N2O6. The highest BCUT2D eigenvalue weighted by Crippen LogP contribution is 2.45. The van der Waals surface area contributed by atoms with E-state index in [0.29, 0.717) is 0 Å². The zero-order valence-electron chi connectivity index (χ0n) is 30.3. The van der Waals surface area contributed by atoms with Crippen LogP contribution in [-0.4, -0.2) is 56.9 Å². The standard InChI is InChI=1S/C42H54N2O6/c1-41(2,3)44-36(28-49-40(46)26-25-39(45)43-35-14-10-9-11-30-27-31(30)15-20-35)29-50-42(32-12-7-6-8-13-32,33-16-21-37(47-4)22-17-33)34-18-23-38(48-5)24-19-34/h6-10,12-13,16-19,21-24,30-31,35-36,44H,11,14-15,20,25-29H2,1-5H3,(H,43,45)/b10-9-/t30?,31?,35?,36-/m1/s1. The lowest BCUT2D eigenvalue weighted by Crippen LogP contribution is -2.50. The Labute approximate surface area is 297 Å². The monoisotopic (exact) mass is 682 g/mol. The quantitative estimate of drug-likeness (QED) is 0.0984. The molecular weight excluding hydrogens is 628 g/mol. The Balaban J connectivity index is 1.29. The van der Waals surface area contributed by atoms with Crippen molar-refractivity contribution in [3.63, 3.8) is 0 Å². The summed E-state index contributed by atoms with van der Waals surface area (Å²) in [4.78, 5) is 25.8. The van der Waals surface area contributed by atoms with Crippen LogP contribution in [0.4, 0.5) is 0 Å². The lowest BCUT2D eigenvalue weighted by atomic mass is 9.80. The summed E-state index contributed by atoms with van der Waals surface area (Å²) in [6, 6.07) is 25.7. The van der Waals surface area contributed by atoms with Crippen LogP contribution in [0.25, 0.3) is 0 Å². The fourth-order valence-corrected chi connectivity index (χ4v) is 6.97. The number of allylic oxidation sites excluding steroid dienone is 1. The van der Waals surface area contributed by atoms with E-state index >= 15 is 0 Å². The fourth-order valence-electron chi connectivity index (χ4n) is 6.97. The second-order valence-electron chi connectivity index (χ2n) is 14.6. The van der Waals surface area contributed by atoms with Crippen molar-refractivity contribution in [2.24, 2.45) is 11.8 Å². The molecule has 1 saturated carbocycles. The molecule has 1 amide bonds. The summed E-state index contributed by atoms with van der Waals surface area (Å²) in [5.74, 6) is 2.61. The lowest BCUT2D eigenvalue weighted by Gasteiger charge is -2.38. The molecule has 0 radical (unpaired) electrons. The highest BCUT2D eigenvalue weighted by Gasteiger charge is 2.39. The first-order chi connectivity index (χ1) is 24.1. The van der Waals surface area contributed by atoms with Gasteiger partial charge in [0, 0.05) is 18.0 Å². The van der Waals surface area contributed by atoms with E-state index in [4.69, 9.17) is 18.9 Å². The maximum absolute atomic E-state index is 13.0. The van der Waals surface area contributed by atoms with Crippen LogP contribution in [0.1, 0.15) is 82.4 Å². The smallest absolute Gasteiger partial charge is 0.306 e. The molecule has 2 N–H and O–H groups in total. The van der Waals surface area contributed by atoms with Crippen LogP contribution < -0.4 is 20.1 Å². The van der Waals surface area contributed by atoms with Crippen LogP contribution in [0.3, 0.4) is 0 Å². The van der Waals surface area contributed by atoms with Crippen molar-refractivity contribution in [3.05, 3.63) is 108 Å². The molecule has 0 saturated heterocycles. The highest BCUT2D eigenvalue weighted by atomic mass is 16.5. The van der Waals surface area contributed by atoms with Gasteiger partial charge in [-0.3, -0.25) is 9.59 Å². The molecule has 2 aliphatic rings. The van der Waals surface area contributed by atoms with Crippen molar-refractivity contribution in [1.82, 2.24) is 10.6 Å². The molecule has 5 rings (SSSR count). The first-order valence-electron chi connectivity index (χ1n) is 18.0. The van der Waals surface area contributed by atoms with Crippen LogP contribution in [0.5, 0.6) is 11.5 Å². The molecule has 0 bridgehead atoms. The minimum absolute atomic E-state index is 0.0217. The zero-order chi connectivity index (χ0) is 35.6. The van der Waals surface area contributed by atoms with Crippen LogP contribution in [0.2, 0.25) is 0 Å². The normalized spacial score (nSPS) is 20.2. The summed E-state index contributed by atoms with van der Waals surface area (Å²) in [6.45, 7) is 6.51. The minimum Gasteiger partial charge on any atom is -0.497 e. The third-order valence-corrected chi connectivity index (χ3v) is 9.66. The molecule has 2 aliphatic carbocycles. The third-order valence-electron chi connectivity index (χ3n) is 9.66. The summed E-state index contributed by atoms with van der Waals surface area (Å²) >= 11 is 0. The van der Waals surface area contributed by atoms with E-state index in [1.807, 2.05) is 66.7 Å². The number of hydrogen-bond donors (Lipinski definition) is 2. The van der Waals surface area contributed by atoms with Gasteiger partial charge in [-0.05, 0) is 106 Å². The molecule has 0 aromatic heterocycles. The molecule has 50 heavy (non-hydrogen) atoms. The van der Waals surface area contributed by atoms with E-state index in [1.165, 1.54) is 6.42 Å². The number of esters is 1. The van der Waals surface area contributed by atoms with E-state index in [1.54, 1.807) is 14.2 Å². The largest absolute Gasteiger partial charge is 0.497 e. The molecule has 8 nitrogen and oxygen atoms in total. The SMILES string of the molecule is COc1ccc(C(OC[C@@H](COC(=O)CCC(=O)NC2C/C=C\CC3CC3CC2)NC(C)(C)C)(c2ccccc2)c2ccc(OC)cc2)cc1. The van der Waals surface area contributed by atoms with Gasteiger partial charge in [0.2, 0.25) is 5.91 Å². The molecule has 3 aromatic carbocycles. The number of carbonyl (C=O) groups excluding carboxylic acids is 2. The maximum atomic E-state index is 13.0. The van der Waals surface area contributed by atoms with Crippen molar-refractivity contribution in [2.45, 2.75) is 88.9 Å². The number of benzene rings is 3. The van der Waals surface area contributed by atoms with Gasteiger partial charge in [0.25, 0.3) is 0 Å². The van der Waals surface area contributed by atoms with E-state index < -0.39 is 11.6 Å². The number of ether oxygens (including phenoxy) is 4. The Hall–Kier alpha value is -4.14. The van der Waals surface area contributed by atoms with Crippen molar-refractivity contribution >= 4 is 11.9 Å². The fraction of sp³-hybridized carbons (Fsp3) is 0.476. The number of rotatable bonds is 15. The van der Waals surface area contributed by atoms with Crippen LogP contribution >= 0.6 is 0 Å². The second-order valence-corrected chi connectivity index (χ2v) is 14.6. The van der Waals surface area contributed by atoms with E-state index in [9.17, 15) is 9.59 Å². The van der Waals surface area contributed by atoms with Gasteiger partial charge in [0.15, 0.2) is 0 Å². The molecule has 0 spiro atoms. The first-order valence-corrected chi connectivity index (χ1v) is 18.0. The second kappa shape index (κ2) is 17.2. The number of fused-ring (bicyclic) bond motifs is 1. The average Bonchev–Trinajstić information content (AvgIpc) is 3.87. The van der Waals surface area contributed by atoms with Gasteiger partial charge in [0.1, 0.15) is 23.7 Å². The summed E-state index contributed by atoms with van der Waals surface area (Å²) in [6.07, 6.45) is 10.0. The van der Waals surface area contributed by atoms with Crippen molar-refractivity contribution < 1.29 is 28.5 Å².